The second kappa shape index (κ2) is 8.29. The lowest BCUT2D eigenvalue weighted by Gasteiger charge is -2.26. The molecule has 1 aromatic heterocycles. The van der Waals surface area contributed by atoms with Crippen molar-refractivity contribution >= 4 is 17.7 Å². The van der Waals surface area contributed by atoms with Crippen molar-refractivity contribution in [1.29, 1.82) is 0 Å². The van der Waals surface area contributed by atoms with Gasteiger partial charge in [0, 0.05) is 25.0 Å². The van der Waals surface area contributed by atoms with Crippen LogP contribution in [0.1, 0.15) is 5.69 Å². The highest BCUT2D eigenvalue weighted by Crippen LogP contribution is 2.15. The maximum absolute atomic E-state index is 12.0. The van der Waals surface area contributed by atoms with E-state index in [9.17, 15) is 4.79 Å². The highest BCUT2D eigenvalue weighted by atomic mass is 16.5. The number of nitrogens with one attached hydrogen (secondary N) is 2. The molecule has 132 valence electrons. The lowest BCUT2D eigenvalue weighted by atomic mass is 10.3. The van der Waals surface area contributed by atoms with Gasteiger partial charge in [0.2, 0.25) is 5.95 Å². The molecule has 1 aliphatic rings. The number of amides is 2. The Labute approximate surface area is 146 Å². The first-order valence-corrected chi connectivity index (χ1v) is 8.08. The van der Waals surface area contributed by atoms with Crippen molar-refractivity contribution in [2.45, 2.75) is 6.54 Å². The standard InChI is InChI=1S/C17H21N5O3/c1-24-15-4-2-13(3-5-15)21-17(23)19-12-14-6-7-18-16(20-14)22-8-10-25-11-9-22/h2-7H,8-12H2,1H3,(H2,19,21,23). The highest BCUT2D eigenvalue weighted by molar-refractivity contribution is 5.89. The average Bonchev–Trinajstić information content (AvgIpc) is 2.68. The minimum absolute atomic E-state index is 0.295. The topological polar surface area (TPSA) is 88.6 Å². The van der Waals surface area contributed by atoms with E-state index in [4.69, 9.17) is 9.47 Å². The molecule has 0 spiro atoms. The molecule has 8 heteroatoms. The maximum atomic E-state index is 12.0. The summed E-state index contributed by atoms with van der Waals surface area (Å²) >= 11 is 0. The van der Waals surface area contributed by atoms with Crippen molar-refractivity contribution in [2.75, 3.05) is 43.6 Å². The molecule has 3 rings (SSSR count). The van der Waals surface area contributed by atoms with Gasteiger partial charge in [-0.05, 0) is 30.3 Å². The molecular formula is C17H21N5O3. The van der Waals surface area contributed by atoms with Gasteiger partial charge < -0.3 is 25.0 Å². The molecule has 0 bridgehead atoms. The second-order valence-electron chi connectivity index (χ2n) is 5.48. The largest absolute Gasteiger partial charge is 0.497 e. The quantitative estimate of drug-likeness (QED) is 0.858. The van der Waals surface area contributed by atoms with Crippen molar-refractivity contribution in [3.63, 3.8) is 0 Å². The zero-order valence-corrected chi connectivity index (χ0v) is 14.1. The fraction of sp³-hybridized carbons (Fsp3) is 0.353. The highest BCUT2D eigenvalue weighted by Gasteiger charge is 2.14. The number of aromatic nitrogens is 2. The van der Waals surface area contributed by atoms with Gasteiger partial charge in [-0.25, -0.2) is 14.8 Å². The summed E-state index contributed by atoms with van der Waals surface area (Å²) in [5.74, 6) is 1.40. The van der Waals surface area contributed by atoms with Crippen molar-refractivity contribution in [2.24, 2.45) is 0 Å². The zero-order valence-electron chi connectivity index (χ0n) is 14.1. The maximum Gasteiger partial charge on any atom is 0.319 e. The van der Waals surface area contributed by atoms with E-state index in [2.05, 4.69) is 25.5 Å². The minimum Gasteiger partial charge on any atom is -0.497 e. The predicted octanol–water partition coefficient (Wildman–Crippen LogP) is 1.64. The van der Waals surface area contributed by atoms with Crippen molar-refractivity contribution in [3.8, 4) is 5.75 Å². The van der Waals surface area contributed by atoms with Crippen LogP contribution in [0, 0.1) is 0 Å². The first-order valence-electron chi connectivity index (χ1n) is 8.08. The number of hydrogen-bond donors (Lipinski definition) is 2. The van der Waals surface area contributed by atoms with E-state index in [0.29, 0.717) is 31.4 Å². The van der Waals surface area contributed by atoms with E-state index >= 15 is 0 Å². The van der Waals surface area contributed by atoms with Crippen LogP contribution in [0.15, 0.2) is 36.5 Å². The molecular weight excluding hydrogens is 322 g/mol. The Hall–Kier alpha value is -2.87. The van der Waals surface area contributed by atoms with Gasteiger partial charge in [-0.2, -0.15) is 0 Å². The van der Waals surface area contributed by atoms with E-state index < -0.39 is 0 Å². The predicted molar refractivity (Wildman–Crippen MR) is 93.9 cm³/mol. The third kappa shape index (κ3) is 4.80. The van der Waals surface area contributed by atoms with Crippen LogP contribution in [0.5, 0.6) is 5.75 Å². The Morgan fingerprint density at radius 2 is 2.00 bits per heavy atom. The Bertz CT molecular complexity index is 702. The van der Waals surface area contributed by atoms with E-state index in [0.717, 1.165) is 24.5 Å². The summed E-state index contributed by atoms with van der Waals surface area (Å²) in [7, 11) is 1.60. The van der Waals surface area contributed by atoms with E-state index in [1.807, 2.05) is 0 Å². The Kier molecular flexibility index (Phi) is 5.63. The fourth-order valence-corrected chi connectivity index (χ4v) is 2.42. The molecule has 0 radical (unpaired) electrons. The summed E-state index contributed by atoms with van der Waals surface area (Å²) in [5.41, 5.74) is 1.44. The van der Waals surface area contributed by atoms with Crippen LogP contribution < -0.4 is 20.3 Å². The second-order valence-corrected chi connectivity index (χ2v) is 5.48. The summed E-state index contributed by atoms with van der Waals surface area (Å²) in [5, 5.41) is 5.56. The zero-order chi connectivity index (χ0) is 17.5. The van der Waals surface area contributed by atoms with Gasteiger partial charge in [-0.15, -0.1) is 0 Å². The van der Waals surface area contributed by atoms with Crippen LogP contribution in [0.4, 0.5) is 16.4 Å². The third-order valence-electron chi connectivity index (χ3n) is 3.77. The molecule has 2 aromatic rings. The average molecular weight is 343 g/mol. The first-order chi connectivity index (χ1) is 12.2. The number of benzene rings is 1. The number of ether oxygens (including phenoxy) is 2. The van der Waals surface area contributed by atoms with Gasteiger partial charge in [0.05, 0.1) is 32.6 Å². The van der Waals surface area contributed by atoms with Crippen molar-refractivity contribution in [1.82, 2.24) is 15.3 Å². The number of rotatable bonds is 5. The lowest BCUT2D eigenvalue weighted by Crippen LogP contribution is -2.37. The molecule has 0 aliphatic carbocycles. The summed E-state index contributed by atoms with van der Waals surface area (Å²) in [4.78, 5) is 22.9. The molecule has 2 heterocycles. The van der Waals surface area contributed by atoms with Crippen molar-refractivity contribution in [3.05, 3.63) is 42.2 Å². The van der Waals surface area contributed by atoms with Gasteiger partial charge in [0.25, 0.3) is 0 Å². The number of carbonyl (C=O) groups excluding carboxylic acids is 1. The van der Waals surface area contributed by atoms with Crippen LogP contribution in [0.2, 0.25) is 0 Å². The number of anilines is 2. The molecule has 1 aromatic carbocycles. The van der Waals surface area contributed by atoms with Gasteiger partial charge in [0.1, 0.15) is 5.75 Å². The number of morpholine rings is 1. The van der Waals surface area contributed by atoms with Gasteiger partial charge in [0.15, 0.2) is 0 Å². The van der Waals surface area contributed by atoms with Gasteiger partial charge in [-0.3, -0.25) is 0 Å². The monoisotopic (exact) mass is 343 g/mol. The molecule has 25 heavy (non-hydrogen) atoms. The van der Waals surface area contributed by atoms with Crippen LogP contribution in [0.3, 0.4) is 0 Å². The Morgan fingerprint density at radius 3 is 2.72 bits per heavy atom. The number of carbonyl (C=O) groups is 1. The molecule has 1 saturated heterocycles. The fourth-order valence-electron chi connectivity index (χ4n) is 2.42. The van der Waals surface area contributed by atoms with Crippen molar-refractivity contribution < 1.29 is 14.3 Å². The first kappa shape index (κ1) is 17.0. The molecule has 2 N–H and O–H groups in total. The third-order valence-corrected chi connectivity index (χ3v) is 3.77. The van der Waals surface area contributed by atoms with E-state index in [1.165, 1.54) is 0 Å². The van der Waals surface area contributed by atoms with E-state index in [-0.39, 0.29) is 6.03 Å². The molecule has 0 saturated carbocycles. The molecule has 0 unspecified atom stereocenters. The van der Waals surface area contributed by atoms with Crippen LogP contribution in [-0.4, -0.2) is 49.4 Å². The minimum atomic E-state index is -0.295. The Morgan fingerprint density at radius 1 is 1.24 bits per heavy atom. The summed E-state index contributed by atoms with van der Waals surface area (Å²) in [6, 6.07) is 8.62. The number of hydrogen-bond acceptors (Lipinski definition) is 6. The molecule has 0 atom stereocenters. The number of methoxy groups -OCH3 is 1. The summed E-state index contributed by atoms with van der Waals surface area (Å²) in [6.07, 6.45) is 1.70. The number of urea groups is 1. The molecule has 8 nitrogen and oxygen atoms in total. The Balaban J connectivity index is 1.52. The van der Waals surface area contributed by atoms with E-state index in [1.54, 1.807) is 43.6 Å². The van der Waals surface area contributed by atoms with Gasteiger partial charge in [-0.1, -0.05) is 0 Å². The summed E-state index contributed by atoms with van der Waals surface area (Å²) in [6.45, 7) is 3.22. The summed E-state index contributed by atoms with van der Waals surface area (Å²) < 4.78 is 10.4. The van der Waals surface area contributed by atoms with Crippen LogP contribution >= 0.6 is 0 Å². The van der Waals surface area contributed by atoms with Gasteiger partial charge >= 0.3 is 6.03 Å². The number of nitrogens with zero attached hydrogens (tertiary/aromatic N) is 3. The molecule has 1 aliphatic heterocycles. The SMILES string of the molecule is COc1ccc(NC(=O)NCc2ccnc(N3CCOCC3)n2)cc1. The van der Waals surface area contributed by atoms with Crippen LogP contribution in [0.25, 0.3) is 0 Å². The van der Waals surface area contributed by atoms with Crippen LogP contribution in [-0.2, 0) is 11.3 Å². The smallest absolute Gasteiger partial charge is 0.319 e. The lowest BCUT2D eigenvalue weighted by molar-refractivity contribution is 0.122. The molecule has 2 amide bonds. The normalized spacial score (nSPS) is 14.0. The molecule has 1 fully saturated rings.